The Morgan fingerprint density at radius 2 is 2.19 bits per heavy atom. The van der Waals surface area contributed by atoms with E-state index in [2.05, 4.69) is 26.0 Å². The summed E-state index contributed by atoms with van der Waals surface area (Å²) < 4.78 is 0. The van der Waals surface area contributed by atoms with Crippen LogP contribution in [0, 0.1) is 6.92 Å². The topological polar surface area (TPSA) is 69.6 Å². The summed E-state index contributed by atoms with van der Waals surface area (Å²) in [6.07, 6.45) is 2.44. The number of thiazole rings is 1. The molecule has 26 heavy (non-hydrogen) atoms. The first kappa shape index (κ1) is 18.4. The van der Waals surface area contributed by atoms with E-state index in [1.165, 1.54) is 5.01 Å². The zero-order chi connectivity index (χ0) is 18.4. The van der Waals surface area contributed by atoms with Gasteiger partial charge in [-0.2, -0.15) is 0 Å². The number of benzene rings is 1. The second-order valence-electron chi connectivity index (χ2n) is 6.37. The Morgan fingerprint density at radius 1 is 1.38 bits per heavy atom. The molecule has 1 unspecified atom stereocenters. The number of aromatic nitrogens is 1. The monoisotopic (exact) mass is 371 g/mol. The Kier molecular flexibility index (Phi) is 6.22. The minimum Gasteiger partial charge on any atom is -0.356 e. The standard InChI is InChI=1S/C19H25N5OS/c1-14-13-26-17(22-14)9-6-10-21-19(20-2)23-15-11-18(25)24(12-15)16-7-4-3-5-8-16/h3-5,7-8,13,15H,6,9-12H2,1-2H3,(H2,20,21,23). The van der Waals surface area contributed by atoms with E-state index >= 15 is 0 Å². The Labute approximate surface area is 158 Å². The third-order valence-electron chi connectivity index (χ3n) is 4.28. The number of hydrogen-bond donors (Lipinski definition) is 2. The van der Waals surface area contributed by atoms with Crippen molar-refractivity contribution in [2.75, 3.05) is 25.0 Å². The number of aryl methyl sites for hydroxylation is 2. The SMILES string of the molecule is CN=C(NCCCc1nc(C)cs1)NC1CC(=O)N(c2ccccc2)C1. The molecule has 6 nitrogen and oxygen atoms in total. The van der Waals surface area contributed by atoms with Crippen LogP contribution >= 0.6 is 11.3 Å². The van der Waals surface area contributed by atoms with E-state index in [0.29, 0.717) is 13.0 Å². The molecular weight excluding hydrogens is 346 g/mol. The molecule has 138 valence electrons. The maximum absolute atomic E-state index is 12.3. The molecule has 1 aliphatic rings. The highest BCUT2D eigenvalue weighted by Gasteiger charge is 2.30. The molecule has 0 radical (unpaired) electrons. The second kappa shape index (κ2) is 8.80. The summed E-state index contributed by atoms with van der Waals surface area (Å²) in [7, 11) is 1.76. The van der Waals surface area contributed by atoms with Crippen molar-refractivity contribution in [3.63, 3.8) is 0 Å². The molecule has 1 aromatic heterocycles. The van der Waals surface area contributed by atoms with Crippen LogP contribution < -0.4 is 15.5 Å². The van der Waals surface area contributed by atoms with Gasteiger partial charge in [0.15, 0.2) is 5.96 Å². The molecule has 1 amide bonds. The fraction of sp³-hybridized carbons (Fsp3) is 0.421. The van der Waals surface area contributed by atoms with E-state index in [0.717, 1.165) is 36.7 Å². The molecule has 2 aromatic rings. The summed E-state index contributed by atoms with van der Waals surface area (Å²) in [6, 6.07) is 9.86. The number of anilines is 1. The van der Waals surface area contributed by atoms with E-state index in [-0.39, 0.29) is 11.9 Å². The van der Waals surface area contributed by atoms with E-state index < -0.39 is 0 Å². The molecule has 1 atom stereocenters. The van der Waals surface area contributed by atoms with Gasteiger partial charge in [-0.05, 0) is 25.5 Å². The van der Waals surface area contributed by atoms with Gasteiger partial charge in [-0.1, -0.05) is 18.2 Å². The van der Waals surface area contributed by atoms with E-state index in [1.807, 2.05) is 42.2 Å². The molecule has 1 saturated heterocycles. The Balaban J connectivity index is 1.44. The van der Waals surface area contributed by atoms with Gasteiger partial charge in [0.25, 0.3) is 0 Å². The summed E-state index contributed by atoms with van der Waals surface area (Å²) in [4.78, 5) is 22.9. The quantitative estimate of drug-likeness (QED) is 0.465. The highest BCUT2D eigenvalue weighted by molar-refractivity contribution is 7.09. The minimum absolute atomic E-state index is 0.0653. The molecule has 3 rings (SSSR count). The number of para-hydroxylation sites is 1. The number of amides is 1. The van der Waals surface area contributed by atoms with Gasteiger partial charge < -0.3 is 15.5 Å². The highest BCUT2D eigenvalue weighted by Crippen LogP contribution is 2.20. The smallest absolute Gasteiger partial charge is 0.229 e. The van der Waals surface area contributed by atoms with Crippen LogP contribution in [0.2, 0.25) is 0 Å². The van der Waals surface area contributed by atoms with Crippen LogP contribution in [-0.4, -0.2) is 43.0 Å². The molecule has 2 N–H and O–H groups in total. The van der Waals surface area contributed by atoms with Crippen molar-refractivity contribution in [1.82, 2.24) is 15.6 Å². The van der Waals surface area contributed by atoms with Gasteiger partial charge in [-0.25, -0.2) is 4.98 Å². The average molecular weight is 372 g/mol. The molecule has 1 aromatic carbocycles. The predicted molar refractivity (Wildman–Crippen MR) is 107 cm³/mol. The fourth-order valence-corrected chi connectivity index (χ4v) is 3.83. The number of carbonyl (C=O) groups is 1. The molecule has 2 heterocycles. The van der Waals surface area contributed by atoms with E-state index in [9.17, 15) is 4.79 Å². The summed E-state index contributed by atoms with van der Waals surface area (Å²) in [6.45, 7) is 3.49. The third kappa shape index (κ3) is 4.82. The van der Waals surface area contributed by atoms with Crippen LogP contribution in [0.4, 0.5) is 5.69 Å². The average Bonchev–Trinajstić information content (AvgIpc) is 3.23. The maximum Gasteiger partial charge on any atom is 0.229 e. The van der Waals surface area contributed by atoms with Gasteiger partial charge in [-0.3, -0.25) is 9.79 Å². The summed E-state index contributed by atoms with van der Waals surface area (Å²) >= 11 is 1.71. The van der Waals surface area contributed by atoms with Gasteiger partial charge in [0, 0.05) is 49.7 Å². The predicted octanol–water partition coefficient (Wildman–Crippen LogP) is 2.35. The first-order valence-electron chi connectivity index (χ1n) is 8.89. The Hall–Kier alpha value is -2.41. The fourth-order valence-electron chi connectivity index (χ4n) is 3.01. The highest BCUT2D eigenvalue weighted by atomic mass is 32.1. The second-order valence-corrected chi connectivity index (χ2v) is 7.31. The van der Waals surface area contributed by atoms with Gasteiger partial charge >= 0.3 is 0 Å². The molecule has 7 heteroatoms. The van der Waals surface area contributed by atoms with Crippen molar-refractivity contribution in [2.45, 2.75) is 32.2 Å². The lowest BCUT2D eigenvalue weighted by Crippen LogP contribution is -2.44. The maximum atomic E-state index is 12.3. The summed E-state index contributed by atoms with van der Waals surface area (Å²) in [5, 5.41) is 9.95. The number of guanidine groups is 1. The number of hydrogen-bond acceptors (Lipinski definition) is 4. The molecule has 0 bridgehead atoms. The molecule has 1 fully saturated rings. The molecular formula is C19H25N5OS. The first-order valence-corrected chi connectivity index (χ1v) is 9.77. The van der Waals surface area contributed by atoms with Crippen molar-refractivity contribution < 1.29 is 4.79 Å². The van der Waals surface area contributed by atoms with Crippen molar-refractivity contribution in [3.05, 3.63) is 46.4 Å². The van der Waals surface area contributed by atoms with E-state index in [1.54, 1.807) is 18.4 Å². The lowest BCUT2D eigenvalue weighted by Gasteiger charge is -2.19. The zero-order valence-corrected chi connectivity index (χ0v) is 16.1. The largest absolute Gasteiger partial charge is 0.356 e. The number of rotatable bonds is 6. The van der Waals surface area contributed by atoms with Crippen LogP contribution in [0.5, 0.6) is 0 Å². The van der Waals surface area contributed by atoms with Crippen LogP contribution in [0.1, 0.15) is 23.5 Å². The number of aliphatic imine (C=N–C) groups is 1. The van der Waals surface area contributed by atoms with Crippen LogP contribution in [0.15, 0.2) is 40.7 Å². The van der Waals surface area contributed by atoms with Gasteiger partial charge in [0.2, 0.25) is 5.91 Å². The van der Waals surface area contributed by atoms with Gasteiger partial charge in [0.05, 0.1) is 11.0 Å². The van der Waals surface area contributed by atoms with Crippen LogP contribution in [-0.2, 0) is 11.2 Å². The Morgan fingerprint density at radius 3 is 2.88 bits per heavy atom. The molecule has 0 saturated carbocycles. The zero-order valence-electron chi connectivity index (χ0n) is 15.2. The van der Waals surface area contributed by atoms with Crippen molar-refractivity contribution in [1.29, 1.82) is 0 Å². The molecule has 0 aliphatic carbocycles. The Bertz CT molecular complexity index is 758. The molecule has 0 spiro atoms. The number of carbonyl (C=O) groups excluding carboxylic acids is 1. The number of nitrogens with one attached hydrogen (secondary N) is 2. The van der Waals surface area contributed by atoms with Crippen LogP contribution in [0.3, 0.4) is 0 Å². The normalized spacial score (nSPS) is 17.6. The lowest BCUT2D eigenvalue weighted by molar-refractivity contribution is -0.117. The summed E-state index contributed by atoms with van der Waals surface area (Å²) in [5.41, 5.74) is 2.03. The van der Waals surface area contributed by atoms with Crippen molar-refractivity contribution >= 4 is 28.9 Å². The molecule has 1 aliphatic heterocycles. The number of nitrogens with zero attached hydrogens (tertiary/aromatic N) is 3. The third-order valence-corrected chi connectivity index (χ3v) is 5.31. The lowest BCUT2D eigenvalue weighted by atomic mass is 10.2. The van der Waals surface area contributed by atoms with Gasteiger partial charge in [0.1, 0.15) is 0 Å². The summed E-state index contributed by atoms with van der Waals surface area (Å²) in [5.74, 6) is 0.885. The van der Waals surface area contributed by atoms with Gasteiger partial charge in [-0.15, -0.1) is 11.3 Å². The van der Waals surface area contributed by atoms with Crippen molar-refractivity contribution in [3.8, 4) is 0 Å². The van der Waals surface area contributed by atoms with Crippen molar-refractivity contribution in [2.24, 2.45) is 4.99 Å². The first-order chi connectivity index (χ1) is 12.7. The minimum atomic E-state index is 0.0653. The van der Waals surface area contributed by atoms with Crippen LogP contribution in [0.25, 0.3) is 0 Å². The van der Waals surface area contributed by atoms with E-state index in [4.69, 9.17) is 0 Å².